The van der Waals surface area contributed by atoms with Crippen LogP contribution in [-0.2, 0) is 0 Å². The monoisotopic (exact) mass is 558 g/mol. The Morgan fingerprint density at radius 3 is 1.60 bits per heavy atom. The molecule has 0 saturated heterocycles. The van der Waals surface area contributed by atoms with E-state index in [1.165, 1.54) is 0 Å². The highest BCUT2D eigenvalue weighted by atomic mass is 16.4. The lowest BCUT2D eigenvalue weighted by Gasteiger charge is -2.20. The zero-order valence-electron chi connectivity index (χ0n) is 23.1. The van der Waals surface area contributed by atoms with Gasteiger partial charge in [-0.15, -0.1) is 0 Å². The van der Waals surface area contributed by atoms with Crippen LogP contribution in [0.5, 0.6) is 0 Å². The van der Waals surface area contributed by atoms with Gasteiger partial charge in [0.05, 0.1) is 11.1 Å². The third kappa shape index (κ3) is 4.69. The number of fused-ring (bicyclic) bond motifs is 3. The molecule has 2 N–H and O–H groups in total. The lowest BCUT2D eigenvalue weighted by molar-refractivity contribution is 0.0686. The molecule has 0 fully saturated rings. The number of carboxylic acid groups (broad SMARTS) is 2. The summed E-state index contributed by atoms with van der Waals surface area (Å²) in [6, 6.07) is 45.0. The molecular weight excluding hydrogens is 532 g/mol. The van der Waals surface area contributed by atoms with Gasteiger partial charge in [0, 0.05) is 5.92 Å². The van der Waals surface area contributed by atoms with E-state index >= 15 is 0 Å². The Labute approximate surface area is 249 Å². The predicted molar refractivity (Wildman–Crippen MR) is 169 cm³/mol. The number of benzene rings is 6. The Hall–Kier alpha value is -5.74. The van der Waals surface area contributed by atoms with E-state index in [2.05, 4.69) is 24.3 Å². The maximum atomic E-state index is 12.3. The van der Waals surface area contributed by atoms with Crippen LogP contribution < -0.4 is 0 Å². The first-order valence-electron chi connectivity index (χ1n) is 14.1. The maximum absolute atomic E-state index is 12.3. The number of carbonyl (C=O) groups is 2. The molecule has 0 spiro atoms. The van der Waals surface area contributed by atoms with Gasteiger partial charge in [0.15, 0.2) is 0 Å². The van der Waals surface area contributed by atoms with Crippen molar-refractivity contribution in [3.63, 3.8) is 0 Å². The summed E-state index contributed by atoms with van der Waals surface area (Å²) >= 11 is 0. The fourth-order valence-electron chi connectivity index (χ4n) is 6.30. The van der Waals surface area contributed by atoms with Gasteiger partial charge >= 0.3 is 11.9 Å². The Bertz CT molecular complexity index is 2030. The summed E-state index contributed by atoms with van der Waals surface area (Å²) in [5.74, 6) is -2.23. The molecule has 0 aliphatic heterocycles. The highest BCUT2D eigenvalue weighted by molar-refractivity contribution is 5.95. The minimum atomic E-state index is -0.992. The van der Waals surface area contributed by atoms with Gasteiger partial charge in [-0.3, -0.25) is 0 Å². The lowest BCUT2D eigenvalue weighted by atomic mass is 9.82. The largest absolute Gasteiger partial charge is 0.478 e. The van der Waals surface area contributed by atoms with E-state index in [1.54, 1.807) is 24.3 Å². The van der Waals surface area contributed by atoms with E-state index in [4.69, 9.17) is 0 Å². The molecule has 0 bridgehead atoms. The molecular formula is C39H26O4. The van der Waals surface area contributed by atoms with E-state index in [-0.39, 0.29) is 17.0 Å². The Morgan fingerprint density at radius 2 is 0.953 bits per heavy atom. The molecule has 206 valence electrons. The second-order valence-electron chi connectivity index (χ2n) is 10.8. The first kappa shape index (κ1) is 26.2. The van der Waals surface area contributed by atoms with Gasteiger partial charge in [-0.2, -0.15) is 0 Å². The lowest BCUT2D eigenvalue weighted by Crippen LogP contribution is -2.05. The molecule has 1 aliphatic rings. The fraction of sp³-hybridized carbons (Fsp3) is 0.0256. The molecule has 1 atom stereocenters. The van der Waals surface area contributed by atoms with Gasteiger partial charge in [-0.25, -0.2) is 9.59 Å². The SMILES string of the molecule is O=C(O)c1cc(-c2ccccc2)cc(-c2cccc3c2C(c2cc(C(=O)O)cc(-c4ccccc4)c2)c2ccccc2-3)c1. The second-order valence-corrected chi connectivity index (χ2v) is 10.8. The third-order valence-electron chi connectivity index (χ3n) is 8.20. The highest BCUT2D eigenvalue weighted by Gasteiger charge is 2.33. The van der Waals surface area contributed by atoms with Crippen LogP contribution in [0, 0.1) is 0 Å². The van der Waals surface area contributed by atoms with Crippen molar-refractivity contribution in [1.82, 2.24) is 0 Å². The standard InChI is InChI=1S/C39H26O4/c40-38(41)30-20-26(24-10-3-1-4-11-24)18-28(22-30)32-16-9-17-35-33-14-7-8-15-34(33)36(37(32)35)29-19-27(21-31(23-29)39(42)43)25-12-5-2-6-13-25/h1-23,36H,(H,40,41)(H,42,43). The van der Waals surface area contributed by atoms with Crippen LogP contribution >= 0.6 is 0 Å². The molecule has 4 heteroatoms. The van der Waals surface area contributed by atoms with Crippen molar-refractivity contribution >= 4 is 11.9 Å². The number of hydrogen-bond donors (Lipinski definition) is 2. The summed E-state index contributed by atoms with van der Waals surface area (Å²) < 4.78 is 0. The van der Waals surface area contributed by atoms with Crippen molar-refractivity contribution in [3.8, 4) is 44.5 Å². The minimum absolute atomic E-state index is 0.209. The van der Waals surface area contributed by atoms with Crippen molar-refractivity contribution in [2.24, 2.45) is 0 Å². The zero-order valence-corrected chi connectivity index (χ0v) is 23.1. The smallest absolute Gasteiger partial charge is 0.335 e. The zero-order chi connectivity index (χ0) is 29.5. The topological polar surface area (TPSA) is 74.6 Å². The van der Waals surface area contributed by atoms with Crippen molar-refractivity contribution in [3.05, 3.63) is 167 Å². The Kier molecular flexibility index (Phi) is 6.44. The van der Waals surface area contributed by atoms with Gasteiger partial charge in [0.25, 0.3) is 0 Å². The van der Waals surface area contributed by atoms with Crippen LogP contribution in [0.2, 0.25) is 0 Å². The summed E-state index contributed by atoms with van der Waals surface area (Å²) in [4.78, 5) is 24.6. The van der Waals surface area contributed by atoms with Crippen LogP contribution in [-0.4, -0.2) is 22.2 Å². The van der Waals surface area contributed by atoms with Crippen LogP contribution in [0.1, 0.15) is 43.3 Å². The van der Waals surface area contributed by atoms with Crippen LogP contribution in [0.4, 0.5) is 0 Å². The van der Waals surface area contributed by atoms with E-state index in [1.807, 2.05) is 91.0 Å². The minimum Gasteiger partial charge on any atom is -0.478 e. The molecule has 1 aliphatic carbocycles. The normalized spacial score (nSPS) is 13.3. The molecule has 6 aromatic rings. The number of rotatable bonds is 6. The van der Waals surface area contributed by atoms with Crippen molar-refractivity contribution in [1.29, 1.82) is 0 Å². The molecule has 7 rings (SSSR count). The van der Waals surface area contributed by atoms with Crippen molar-refractivity contribution in [2.75, 3.05) is 0 Å². The van der Waals surface area contributed by atoms with Crippen LogP contribution in [0.3, 0.4) is 0 Å². The van der Waals surface area contributed by atoms with Crippen LogP contribution in [0.15, 0.2) is 140 Å². The molecule has 43 heavy (non-hydrogen) atoms. The molecule has 0 amide bonds. The van der Waals surface area contributed by atoms with Gasteiger partial charge in [-0.1, -0.05) is 109 Å². The van der Waals surface area contributed by atoms with E-state index < -0.39 is 11.9 Å². The average molecular weight is 559 g/mol. The van der Waals surface area contributed by atoms with Crippen molar-refractivity contribution < 1.29 is 19.8 Å². The van der Waals surface area contributed by atoms with E-state index in [0.717, 1.165) is 61.2 Å². The highest BCUT2D eigenvalue weighted by Crippen LogP contribution is 2.52. The molecule has 1 unspecified atom stereocenters. The fourth-order valence-corrected chi connectivity index (χ4v) is 6.30. The Morgan fingerprint density at radius 1 is 0.442 bits per heavy atom. The summed E-state index contributed by atoms with van der Waals surface area (Å²) in [7, 11) is 0. The van der Waals surface area contributed by atoms with Gasteiger partial charge in [-0.05, 0) is 91.5 Å². The molecule has 6 aromatic carbocycles. The third-order valence-corrected chi connectivity index (χ3v) is 8.20. The molecule has 0 aromatic heterocycles. The Balaban J connectivity index is 1.49. The number of hydrogen-bond acceptors (Lipinski definition) is 2. The van der Waals surface area contributed by atoms with Crippen molar-refractivity contribution in [2.45, 2.75) is 5.92 Å². The number of aromatic carboxylic acids is 2. The van der Waals surface area contributed by atoms with Gasteiger partial charge in [0.2, 0.25) is 0 Å². The van der Waals surface area contributed by atoms with Gasteiger partial charge in [0.1, 0.15) is 0 Å². The molecule has 0 heterocycles. The van der Waals surface area contributed by atoms with E-state index in [0.29, 0.717) is 0 Å². The summed E-state index contributed by atoms with van der Waals surface area (Å²) in [5.41, 5.74) is 10.8. The molecule has 4 nitrogen and oxygen atoms in total. The second kappa shape index (κ2) is 10.6. The predicted octanol–water partition coefficient (Wildman–Crippen LogP) is 9.24. The number of carboxylic acids is 2. The average Bonchev–Trinajstić information content (AvgIpc) is 3.40. The first-order chi connectivity index (χ1) is 21.0. The molecule has 0 radical (unpaired) electrons. The first-order valence-corrected chi connectivity index (χ1v) is 14.1. The summed E-state index contributed by atoms with van der Waals surface area (Å²) in [6.07, 6.45) is 0. The van der Waals surface area contributed by atoms with E-state index in [9.17, 15) is 19.8 Å². The molecule has 0 saturated carbocycles. The maximum Gasteiger partial charge on any atom is 0.335 e. The quantitative estimate of drug-likeness (QED) is 0.213. The van der Waals surface area contributed by atoms with Crippen LogP contribution in [0.25, 0.3) is 44.5 Å². The summed E-state index contributed by atoms with van der Waals surface area (Å²) in [6.45, 7) is 0. The summed E-state index contributed by atoms with van der Waals surface area (Å²) in [5, 5.41) is 20.2. The van der Waals surface area contributed by atoms with Gasteiger partial charge < -0.3 is 10.2 Å².